The van der Waals surface area contributed by atoms with Crippen LogP contribution in [0.1, 0.15) is 50.4 Å². The smallest absolute Gasteiger partial charge is 0.139 e. The van der Waals surface area contributed by atoms with Gasteiger partial charge in [0.25, 0.3) is 0 Å². The van der Waals surface area contributed by atoms with Gasteiger partial charge in [-0.3, -0.25) is 9.48 Å². The average Bonchev–Trinajstić information content (AvgIpc) is 3.09. The van der Waals surface area contributed by atoms with Gasteiger partial charge in [-0.1, -0.05) is 13.3 Å². The van der Waals surface area contributed by atoms with Crippen molar-refractivity contribution < 1.29 is 4.79 Å². The Bertz CT molecular complexity index is 523. The van der Waals surface area contributed by atoms with Gasteiger partial charge in [-0.2, -0.15) is 5.10 Å². The molecule has 4 heteroatoms. The van der Waals surface area contributed by atoms with Gasteiger partial charge >= 0.3 is 0 Å². The molecule has 0 N–H and O–H groups in total. The Labute approximate surface area is 129 Å². The third-order valence-corrected chi connectivity index (χ3v) is 6.16. The summed E-state index contributed by atoms with van der Waals surface area (Å²) < 4.78 is 2.89. The van der Waals surface area contributed by atoms with Gasteiger partial charge in [0, 0.05) is 19.9 Å². The highest BCUT2D eigenvalue weighted by atomic mass is 79.9. The number of rotatable bonds is 5. The Kier molecular flexibility index (Phi) is 4.02. The van der Waals surface area contributed by atoms with Crippen molar-refractivity contribution in [2.45, 2.75) is 51.9 Å². The van der Waals surface area contributed by atoms with Crippen LogP contribution in [0.5, 0.6) is 0 Å². The van der Waals surface area contributed by atoms with Crippen molar-refractivity contribution in [3.63, 3.8) is 0 Å². The van der Waals surface area contributed by atoms with Crippen LogP contribution in [-0.2, 0) is 24.7 Å². The van der Waals surface area contributed by atoms with Crippen molar-refractivity contribution in [2.75, 3.05) is 0 Å². The molecule has 0 aromatic carbocycles. The molecule has 2 aliphatic rings. The minimum absolute atomic E-state index is 0.383. The number of aromatic nitrogens is 2. The lowest BCUT2D eigenvalue weighted by atomic mass is 9.84. The van der Waals surface area contributed by atoms with E-state index in [9.17, 15) is 4.79 Å². The summed E-state index contributed by atoms with van der Waals surface area (Å²) in [6.45, 7) is 2.09. The summed E-state index contributed by atoms with van der Waals surface area (Å²) in [7, 11) is 1.93. The van der Waals surface area contributed by atoms with E-state index in [-0.39, 0.29) is 0 Å². The molecule has 3 nitrogen and oxygen atoms in total. The van der Waals surface area contributed by atoms with Crippen molar-refractivity contribution >= 4 is 21.7 Å². The molecule has 2 bridgehead atoms. The van der Waals surface area contributed by atoms with E-state index in [4.69, 9.17) is 0 Å². The zero-order valence-electron chi connectivity index (χ0n) is 12.4. The molecule has 3 atom stereocenters. The Morgan fingerprint density at radius 2 is 2.20 bits per heavy atom. The van der Waals surface area contributed by atoms with Gasteiger partial charge in [-0.15, -0.1) is 0 Å². The average molecular weight is 339 g/mol. The normalized spacial score (nSPS) is 28.2. The Morgan fingerprint density at radius 3 is 2.75 bits per heavy atom. The number of ketones is 1. The van der Waals surface area contributed by atoms with Crippen LogP contribution in [-0.4, -0.2) is 15.6 Å². The Balaban J connectivity index is 1.63. The lowest BCUT2D eigenvalue weighted by Gasteiger charge is -2.20. The molecule has 0 radical (unpaired) electrons. The fourth-order valence-corrected chi connectivity index (χ4v) is 4.95. The molecule has 1 aromatic heterocycles. The third kappa shape index (κ3) is 2.59. The molecule has 0 amide bonds. The number of fused-ring (bicyclic) bond motifs is 2. The lowest BCUT2D eigenvalue weighted by Crippen LogP contribution is -2.17. The molecule has 1 aromatic rings. The maximum absolute atomic E-state index is 12.4. The number of carbonyl (C=O) groups excluding carboxylic acids is 1. The second-order valence-corrected chi connectivity index (χ2v) is 7.33. The molecule has 2 aliphatic carbocycles. The van der Waals surface area contributed by atoms with Gasteiger partial charge in [0.1, 0.15) is 5.78 Å². The van der Waals surface area contributed by atoms with Crippen molar-refractivity contribution in [3.05, 3.63) is 15.9 Å². The van der Waals surface area contributed by atoms with E-state index in [0.29, 0.717) is 18.1 Å². The van der Waals surface area contributed by atoms with Crippen molar-refractivity contribution in [3.8, 4) is 0 Å². The zero-order chi connectivity index (χ0) is 14.3. The van der Waals surface area contributed by atoms with E-state index in [0.717, 1.165) is 40.5 Å². The van der Waals surface area contributed by atoms with Gasteiger partial charge in [-0.05, 0) is 59.4 Å². The quantitative estimate of drug-likeness (QED) is 0.820. The fraction of sp³-hybridized carbons (Fsp3) is 0.750. The number of nitrogens with zero attached hydrogens (tertiary/aromatic N) is 2. The lowest BCUT2D eigenvalue weighted by molar-refractivity contribution is -0.119. The highest BCUT2D eigenvalue weighted by Crippen LogP contribution is 2.49. The van der Waals surface area contributed by atoms with Crippen LogP contribution in [0.3, 0.4) is 0 Å². The largest absolute Gasteiger partial charge is 0.299 e. The van der Waals surface area contributed by atoms with Crippen LogP contribution < -0.4 is 0 Å². The van der Waals surface area contributed by atoms with Gasteiger partial charge in [0.2, 0.25) is 0 Å². The highest BCUT2D eigenvalue weighted by molar-refractivity contribution is 9.10. The summed E-state index contributed by atoms with van der Waals surface area (Å²) in [4.78, 5) is 12.4. The van der Waals surface area contributed by atoms with E-state index in [1.165, 1.54) is 25.7 Å². The summed E-state index contributed by atoms with van der Waals surface area (Å²) in [5.41, 5.74) is 2.09. The van der Waals surface area contributed by atoms with Crippen LogP contribution in [0.4, 0.5) is 0 Å². The predicted molar refractivity (Wildman–Crippen MR) is 82.6 cm³/mol. The molecule has 0 saturated heterocycles. The van der Waals surface area contributed by atoms with E-state index in [2.05, 4.69) is 28.0 Å². The minimum Gasteiger partial charge on any atom is -0.299 e. The first-order chi connectivity index (χ1) is 9.58. The Hall–Kier alpha value is -0.640. The molecule has 110 valence electrons. The first-order valence-electron chi connectivity index (χ1n) is 7.80. The van der Waals surface area contributed by atoms with Gasteiger partial charge in [-0.25, -0.2) is 0 Å². The van der Waals surface area contributed by atoms with Crippen molar-refractivity contribution in [1.82, 2.24) is 9.78 Å². The monoisotopic (exact) mass is 338 g/mol. The van der Waals surface area contributed by atoms with Gasteiger partial charge in [0.15, 0.2) is 0 Å². The van der Waals surface area contributed by atoms with Gasteiger partial charge < -0.3 is 0 Å². The molecule has 1 heterocycles. The molecule has 2 fully saturated rings. The standard InChI is InChI=1S/C16H23BrN2O/c1-3-14-16(17)15(19(2)18-14)9-13(20)8-12-7-10-4-5-11(12)6-10/h10-12H,3-9H2,1-2H3. The molecule has 20 heavy (non-hydrogen) atoms. The second-order valence-electron chi connectivity index (χ2n) is 6.54. The van der Waals surface area contributed by atoms with Crippen LogP contribution in [0.15, 0.2) is 4.47 Å². The van der Waals surface area contributed by atoms with E-state index in [1.54, 1.807) is 0 Å². The van der Waals surface area contributed by atoms with Crippen molar-refractivity contribution in [2.24, 2.45) is 24.8 Å². The summed E-state index contributed by atoms with van der Waals surface area (Å²) >= 11 is 3.60. The summed E-state index contributed by atoms with van der Waals surface area (Å²) in [6, 6.07) is 0. The maximum atomic E-state index is 12.4. The number of aryl methyl sites for hydroxylation is 2. The molecular formula is C16H23BrN2O. The SMILES string of the molecule is CCc1nn(C)c(CC(=O)CC2CC3CCC2C3)c1Br. The van der Waals surface area contributed by atoms with Gasteiger partial charge in [0.05, 0.1) is 15.9 Å². The fourth-order valence-electron chi connectivity index (χ4n) is 4.19. The summed E-state index contributed by atoms with van der Waals surface area (Å²) in [5.74, 6) is 2.81. The first kappa shape index (κ1) is 14.3. The van der Waals surface area contributed by atoms with Crippen LogP contribution in [0.2, 0.25) is 0 Å². The first-order valence-corrected chi connectivity index (χ1v) is 8.59. The van der Waals surface area contributed by atoms with E-state index >= 15 is 0 Å². The Morgan fingerprint density at radius 1 is 1.40 bits per heavy atom. The molecule has 2 saturated carbocycles. The maximum Gasteiger partial charge on any atom is 0.139 e. The summed E-state index contributed by atoms with van der Waals surface area (Å²) in [6.07, 6.45) is 7.64. The highest BCUT2D eigenvalue weighted by Gasteiger charge is 2.40. The zero-order valence-corrected chi connectivity index (χ0v) is 13.9. The summed E-state index contributed by atoms with van der Waals surface area (Å²) in [5, 5.41) is 4.47. The molecule has 3 rings (SSSR count). The molecular weight excluding hydrogens is 316 g/mol. The number of hydrogen-bond donors (Lipinski definition) is 0. The van der Waals surface area contributed by atoms with Crippen LogP contribution in [0, 0.1) is 17.8 Å². The number of carbonyl (C=O) groups is 1. The number of Topliss-reactive ketones (excluding diaryl/α,β-unsaturated/α-hetero) is 1. The van der Waals surface area contributed by atoms with E-state index in [1.807, 2.05) is 11.7 Å². The molecule has 0 aliphatic heterocycles. The molecule has 0 spiro atoms. The molecule has 3 unspecified atom stereocenters. The third-order valence-electron chi connectivity index (χ3n) is 5.24. The van der Waals surface area contributed by atoms with Crippen molar-refractivity contribution in [1.29, 1.82) is 0 Å². The van der Waals surface area contributed by atoms with Crippen LogP contribution >= 0.6 is 15.9 Å². The van der Waals surface area contributed by atoms with Crippen LogP contribution in [0.25, 0.3) is 0 Å². The second kappa shape index (κ2) is 5.63. The number of hydrogen-bond acceptors (Lipinski definition) is 2. The number of halogens is 1. The predicted octanol–water partition coefficient (Wildman–Crippen LogP) is 3.68. The van der Waals surface area contributed by atoms with E-state index < -0.39 is 0 Å². The topological polar surface area (TPSA) is 34.9 Å². The minimum atomic E-state index is 0.383.